The van der Waals surface area contributed by atoms with E-state index in [0.717, 1.165) is 24.5 Å². The highest BCUT2D eigenvalue weighted by atomic mass is 35.5. The van der Waals surface area contributed by atoms with Gasteiger partial charge in [-0.2, -0.15) is 0 Å². The van der Waals surface area contributed by atoms with E-state index in [1.807, 2.05) is 0 Å². The molecule has 31 heavy (non-hydrogen) atoms. The third-order valence-electron chi connectivity index (χ3n) is 6.18. The van der Waals surface area contributed by atoms with Crippen LogP contribution in [0.1, 0.15) is 24.8 Å². The molecule has 0 aliphatic heterocycles. The lowest BCUT2D eigenvalue weighted by atomic mass is 9.57. The van der Waals surface area contributed by atoms with Crippen LogP contribution in [0.3, 0.4) is 0 Å². The molecule has 0 saturated heterocycles. The predicted octanol–water partition coefficient (Wildman–Crippen LogP) is 3.84. The summed E-state index contributed by atoms with van der Waals surface area (Å²) in [5.74, 6) is -0.517. The fraction of sp³-hybridized carbons (Fsp3) is 0.391. The van der Waals surface area contributed by atoms with Crippen LogP contribution in [-0.2, 0) is 16.1 Å². The van der Waals surface area contributed by atoms with E-state index >= 15 is 0 Å². The van der Waals surface area contributed by atoms with Crippen LogP contribution < -0.4 is 15.4 Å². The standard InChI is InChI=1S/C23H23ClF2N2O3/c24-19-6-5-17(9-20(19)26)31-12-22(29)28-21-10-18(14-7-15(21)8-14)23(30)27-11-13-1-3-16(25)4-2-13/h1-6,9,14-15,18,21H,7-8,10-12H2,(H,27,30)(H,28,29)/t14?,15?,18-,21+/m1/s1. The molecule has 2 amide bonds. The first-order valence-electron chi connectivity index (χ1n) is 10.3. The highest BCUT2D eigenvalue weighted by Crippen LogP contribution is 2.49. The predicted molar refractivity (Wildman–Crippen MR) is 111 cm³/mol. The molecule has 3 aliphatic carbocycles. The zero-order chi connectivity index (χ0) is 22.0. The Kier molecular flexibility index (Phi) is 6.41. The highest BCUT2D eigenvalue weighted by molar-refractivity contribution is 6.30. The molecular weight excluding hydrogens is 426 g/mol. The monoisotopic (exact) mass is 448 g/mol. The van der Waals surface area contributed by atoms with Gasteiger partial charge in [-0.25, -0.2) is 8.78 Å². The van der Waals surface area contributed by atoms with E-state index in [2.05, 4.69) is 10.6 Å². The van der Waals surface area contributed by atoms with Crippen molar-refractivity contribution in [3.63, 3.8) is 0 Å². The Morgan fingerprint density at radius 2 is 1.77 bits per heavy atom. The molecule has 0 unspecified atom stereocenters. The van der Waals surface area contributed by atoms with Crippen LogP contribution in [0.15, 0.2) is 42.5 Å². The summed E-state index contributed by atoms with van der Waals surface area (Å²) < 4.78 is 31.8. The van der Waals surface area contributed by atoms with Gasteiger partial charge in [-0.3, -0.25) is 9.59 Å². The largest absolute Gasteiger partial charge is 0.484 e. The number of halogens is 3. The first-order chi connectivity index (χ1) is 14.9. The number of fused-ring (bicyclic) bond motifs is 2. The molecule has 5 nitrogen and oxygen atoms in total. The Balaban J connectivity index is 1.26. The van der Waals surface area contributed by atoms with E-state index in [9.17, 15) is 18.4 Å². The van der Waals surface area contributed by atoms with Crippen molar-refractivity contribution in [3.8, 4) is 5.75 Å². The van der Waals surface area contributed by atoms with Gasteiger partial charge in [0.1, 0.15) is 17.4 Å². The van der Waals surface area contributed by atoms with Gasteiger partial charge in [0.05, 0.1) is 5.02 Å². The van der Waals surface area contributed by atoms with Crippen LogP contribution in [0.4, 0.5) is 8.78 Å². The van der Waals surface area contributed by atoms with Gasteiger partial charge in [0.2, 0.25) is 5.91 Å². The van der Waals surface area contributed by atoms with E-state index in [1.54, 1.807) is 12.1 Å². The molecule has 2 aromatic carbocycles. The van der Waals surface area contributed by atoms with Gasteiger partial charge in [-0.15, -0.1) is 0 Å². The number of amides is 2. The first kappa shape index (κ1) is 21.6. The molecule has 3 fully saturated rings. The second-order valence-electron chi connectivity index (χ2n) is 8.22. The number of carbonyl (C=O) groups is 2. The zero-order valence-corrected chi connectivity index (χ0v) is 17.5. The molecular formula is C23H23ClF2N2O3. The van der Waals surface area contributed by atoms with Crippen LogP contribution in [0.25, 0.3) is 0 Å². The number of rotatable bonds is 7. The van der Waals surface area contributed by atoms with E-state index in [1.165, 1.54) is 24.3 Å². The molecule has 2 bridgehead atoms. The number of ether oxygens (including phenoxy) is 1. The Bertz CT molecular complexity index is 964. The van der Waals surface area contributed by atoms with Crippen molar-refractivity contribution in [3.05, 3.63) is 64.7 Å². The summed E-state index contributed by atoms with van der Waals surface area (Å²) in [7, 11) is 0. The van der Waals surface area contributed by atoms with Crippen LogP contribution in [0, 0.1) is 29.4 Å². The Morgan fingerprint density at radius 3 is 2.48 bits per heavy atom. The summed E-state index contributed by atoms with van der Waals surface area (Å²) in [5, 5.41) is 5.88. The van der Waals surface area contributed by atoms with Gasteiger partial charge in [0, 0.05) is 24.6 Å². The fourth-order valence-corrected chi connectivity index (χ4v) is 4.53. The number of hydrogen-bond acceptors (Lipinski definition) is 3. The van der Waals surface area contributed by atoms with Gasteiger partial charge >= 0.3 is 0 Å². The molecule has 2 atom stereocenters. The lowest BCUT2D eigenvalue weighted by Gasteiger charge is -2.50. The molecule has 3 aliphatic rings. The number of carbonyl (C=O) groups excluding carboxylic acids is 2. The van der Waals surface area contributed by atoms with Crippen molar-refractivity contribution in [1.82, 2.24) is 10.6 Å². The first-order valence-corrected chi connectivity index (χ1v) is 10.7. The minimum absolute atomic E-state index is 0.0118. The summed E-state index contributed by atoms with van der Waals surface area (Å²) >= 11 is 5.64. The summed E-state index contributed by atoms with van der Waals surface area (Å²) in [4.78, 5) is 25.0. The van der Waals surface area contributed by atoms with Crippen LogP contribution in [-0.4, -0.2) is 24.5 Å². The summed E-state index contributed by atoms with van der Waals surface area (Å²) in [6.45, 7) is 0.101. The normalized spacial score (nSPS) is 24.1. The maximum Gasteiger partial charge on any atom is 0.258 e. The molecule has 0 aromatic heterocycles. The smallest absolute Gasteiger partial charge is 0.258 e. The SMILES string of the molecule is O=C(COc1ccc(Cl)c(F)c1)N[C@H]1C[C@@H](C(=O)NCc2ccc(F)cc2)C2CC1C2. The molecule has 5 rings (SSSR count). The molecule has 2 N–H and O–H groups in total. The van der Waals surface area contributed by atoms with E-state index in [-0.39, 0.29) is 47.0 Å². The van der Waals surface area contributed by atoms with Gasteiger partial charge in [-0.1, -0.05) is 23.7 Å². The summed E-state index contributed by atoms with van der Waals surface area (Å²) in [6, 6.07) is 9.93. The van der Waals surface area contributed by atoms with Crippen molar-refractivity contribution in [2.45, 2.75) is 31.8 Å². The fourth-order valence-electron chi connectivity index (χ4n) is 4.41. The number of hydrogen-bond donors (Lipinski definition) is 2. The van der Waals surface area contributed by atoms with Gasteiger partial charge in [-0.05, 0) is 60.9 Å². The average Bonchev–Trinajstić information content (AvgIpc) is 2.73. The zero-order valence-electron chi connectivity index (χ0n) is 16.7. The van der Waals surface area contributed by atoms with Crippen molar-refractivity contribution in [2.24, 2.45) is 17.8 Å². The molecule has 3 saturated carbocycles. The quantitative estimate of drug-likeness (QED) is 0.676. The number of benzene rings is 2. The number of nitrogens with one attached hydrogen (secondary N) is 2. The molecule has 2 aromatic rings. The van der Waals surface area contributed by atoms with Gasteiger partial charge < -0.3 is 15.4 Å². The van der Waals surface area contributed by atoms with E-state index in [4.69, 9.17) is 16.3 Å². The minimum atomic E-state index is -0.609. The van der Waals surface area contributed by atoms with Gasteiger partial charge in [0.15, 0.2) is 6.61 Å². The average molecular weight is 449 g/mol. The summed E-state index contributed by atoms with van der Waals surface area (Å²) in [6.07, 6.45) is 2.39. The molecule has 0 heterocycles. The van der Waals surface area contributed by atoms with Crippen molar-refractivity contribution in [2.75, 3.05) is 6.61 Å². The van der Waals surface area contributed by atoms with E-state index < -0.39 is 5.82 Å². The Labute approximate surface area is 184 Å². The maximum absolute atomic E-state index is 13.5. The molecule has 164 valence electrons. The van der Waals surface area contributed by atoms with Crippen LogP contribution in [0.2, 0.25) is 5.02 Å². The second-order valence-corrected chi connectivity index (χ2v) is 8.62. The van der Waals surface area contributed by atoms with Crippen molar-refractivity contribution >= 4 is 23.4 Å². The van der Waals surface area contributed by atoms with E-state index in [0.29, 0.717) is 24.8 Å². The van der Waals surface area contributed by atoms with Crippen LogP contribution >= 0.6 is 11.6 Å². The minimum Gasteiger partial charge on any atom is -0.484 e. The molecule has 0 radical (unpaired) electrons. The lowest BCUT2D eigenvalue weighted by molar-refractivity contribution is -0.136. The Morgan fingerprint density at radius 1 is 1.03 bits per heavy atom. The molecule has 0 spiro atoms. The Hall–Kier alpha value is -2.67. The molecule has 8 heteroatoms. The topological polar surface area (TPSA) is 67.4 Å². The van der Waals surface area contributed by atoms with Crippen molar-refractivity contribution in [1.29, 1.82) is 0 Å². The van der Waals surface area contributed by atoms with Gasteiger partial charge in [0.25, 0.3) is 5.91 Å². The maximum atomic E-state index is 13.5. The van der Waals surface area contributed by atoms with Crippen molar-refractivity contribution < 1.29 is 23.1 Å². The second kappa shape index (κ2) is 9.22. The summed E-state index contributed by atoms with van der Waals surface area (Å²) in [5.41, 5.74) is 0.831. The van der Waals surface area contributed by atoms with Crippen LogP contribution in [0.5, 0.6) is 5.75 Å². The lowest BCUT2D eigenvalue weighted by Crippen LogP contribution is -2.56. The third kappa shape index (κ3) is 5.15. The third-order valence-corrected chi connectivity index (χ3v) is 6.49. The highest BCUT2D eigenvalue weighted by Gasteiger charge is 2.48.